The van der Waals surface area contributed by atoms with Gasteiger partial charge < -0.3 is 24.0 Å². The summed E-state index contributed by atoms with van der Waals surface area (Å²) < 4.78 is 22.2. The maximum Gasteiger partial charge on any atom is 0.350 e. The van der Waals surface area contributed by atoms with Crippen LogP contribution >= 0.6 is 0 Å². The van der Waals surface area contributed by atoms with Gasteiger partial charge in [0.05, 0.1) is 24.5 Å². The Morgan fingerprint density at radius 3 is 2.19 bits per heavy atom. The maximum atomic E-state index is 12.8. The van der Waals surface area contributed by atoms with Gasteiger partial charge in [0.2, 0.25) is 0 Å². The summed E-state index contributed by atoms with van der Waals surface area (Å²) in [7, 11) is 0. The van der Waals surface area contributed by atoms with Gasteiger partial charge in [-0.25, -0.2) is 14.0 Å². The molecule has 3 unspecified atom stereocenters. The van der Waals surface area contributed by atoms with Crippen molar-refractivity contribution in [2.24, 2.45) is 0 Å². The molecule has 48 heavy (non-hydrogen) atoms. The van der Waals surface area contributed by atoms with Gasteiger partial charge in [-0.1, -0.05) is 37.3 Å². The predicted octanol–water partition coefficient (Wildman–Crippen LogP) is 5.01. The van der Waals surface area contributed by atoms with E-state index in [1.54, 1.807) is 28.0 Å². The lowest BCUT2D eigenvalue weighted by molar-refractivity contribution is -0.178. The number of piperazine rings is 1. The Labute approximate surface area is 280 Å². The van der Waals surface area contributed by atoms with Crippen LogP contribution < -0.4 is 20.2 Å². The predicted molar refractivity (Wildman–Crippen MR) is 184 cm³/mol. The van der Waals surface area contributed by atoms with Gasteiger partial charge in [0.15, 0.2) is 5.79 Å². The third-order valence-electron chi connectivity index (χ3n) is 9.27. The van der Waals surface area contributed by atoms with Gasteiger partial charge in [0.25, 0.3) is 0 Å². The van der Waals surface area contributed by atoms with E-state index in [0.29, 0.717) is 19.6 Å². The van der Waals surface area contributed by atoms with E-state index in [1.165, 1.54) is 5.69 Å². The largest absolute Gasteiger partial charge is 0.491 e. The molecule has 7 rings (SSSR count). The smallest absolute Gasteiger partial charge is 0.350 e. The Balaban J connectivity index is 0.916. The molecular formula is C37H41N7O4. The van der Waals surface area contributed by atoms with Crippen LogP contribution in [0.15, 0.2) is 108 Å². The second-order valence-corrected chi connectivity index (χ2v) is 12.4. The first kappa shape index (κ1) is 31.6. The molecule has 3 atom stereocenters. The first-order chi connectivity index (χ1) is 23.5. The highest BCUT2D eigenvalue weighted by Gasteiger charge is 2.43. The zero-order valence-electron chi connectivity index (χ0n) is 27.4. The second kappa shape index (κ2) is 14.0. The van der Waals surface area contributed by atoms with Crippen LogP contribution in [0.4, 0.5) is 11.4 Å². The van der Waals surface area contributed by atoms with Crippen LogP contribution in [0.1, 0.15) is 37.4 Å². The van der Waals surface area contributed by atoms with Gasteiger partial charge in [0.1, 0.15) is 24.8 Å². The summed E-state index contributed by atoms with van der Waals surface area (Å²) in [5.41, 5.74) is 4.99. The molecule has 0 N–H and O–H groups in total. The number of rotatable bonds is 11. The van der Waals surface area contributed by atoms with Crippen molar-refractivity contribution in [1.82, 2.24) is 24.5 Å². The van der Waals surface area contributed by atoms with Crippen molar-refractivity contribution in [3.63, 3.8) is 0 Å². The lowest BCUT2D eigenvalue weighted by Gasteiger charge is -2.37. The average Bonchev–Trinajstić information content (AvgIpc) is 3.75. The van der Waals surface area contributed by atoms with Crippen molar-refractivity contribution in [2.45, 2.75) is 44.6 Å². The Bertz CT molecular complexity index is 1820. The fourth-order valence-corrected chi connectivity index (χ4v) is 6.33. The van der Waals surface area contributed by atoms with Crippen LogP contribution in [-0.2, 0) is 21.7 Å². The number of nitrogens with zero attached hydrogens (tertiary/aromatic N) is 7. The van der Waals surface area contributed by atoms with E-state index < -0.39 is 5.79 Å². The van der Waals surface area contributed by atoms with Crippen LogP contribution in [0.25, 0.3) is 5.69 Å². The minimum Gasteiger partial charge on any atom is -0.491 e. The molecular weight excluding hydrogens is 606 g/mol. The van der Waals surface area contributed by atoms with Crippen molar-refractivity contribution in [3.8, 4) is 11.4 Å². The third-order valence-corrected chi connectivity index (χ3v) is 9.27. The maximum absolute atomic E-state index is 12.8. The molecule has 2 aromatic heterocycles. The second-order valence-electron chi connectivity index (χ2n) is 12.4. The Morgan fingerprint density at radius 1 is 0.875 bits per heavy atom. The number of aromatic nitrogens is 5. The van der Waals surface area contributed by atoms with Gasteiger partial charge in [-0.15, -0.1) is 0 Å². The molecule has 2 fully saturated rings. The molecule has 2 aliphatic heterocycles. The molecule has 11 heteroatoms. The van der Waals surface area contributed by atoms with E-state index in [-0.39, 0.29) is 17.8 Å². The number of hydrogen-bond donors (Lipinski definition) is 0. The van der Waals surface area contributed by atoms with E-state index >= 15 is 0 Å². The number of ether oxygens (including phenoxy) is 3. The van der Waals surface area contributed by atoms with Gasteiger partial charge >= 0.3 is 5.69 Å². The van der Waals surface area contributed by atoms with Crippen LogP contribution in [0.2, 0.25) is 0 Å². The van der Waals surface area contributed by atoms with Crippen molar-refractivity contribution in [1.29, 1.82) is 0 Å². The van der Waals surface area contributed by atoms with E-state index in [1.807, 2.05) is 67.6 Å². The highest BCUT2D eigenvalue weighted by Crippen LogP contribution is 2.37. The van der Waals surface area contributed by atoms with Gasteiger partial charge in [0, 0.05) is 55.7 Å². The first-order valence-corrected chi connectivity index (χ1v) is 16.6. The fraction of sp³-hybridized carbons (Fsp3) is 0.351. The number of hydrogen-bond acceptors (Lipinski definition) is 9. The van der Waals surface area contributed by atoms with Gasteiger partial charge in [-0.3, -0.25) is 0 Å². The zero-order valence-corrected chi connectivity index (χ0v) is 27.4. The molecule has 5 aromatic rings. The molecule has 2 aliphatic rings. The Hall–Kier alpha value is -5.00. The van der Waals surface area contributed by atoms with E-state index in [4.69, 9.17) is 14.2 Å². The molecule has 0 spiro atoms. The summed E-state index contributed by atoms with van der Waals surface area (Å²) in [6.07, 6.45) is 6.21. The van der Waals surface area contributed by atoms with Crippen LogP contribution in [-0.4, -0.2) is 70.0 Å². The van der Waals surface area contributed by atoms with Crippen LogP contribution in [0, 0.1) is 0 Å². The molecule has 11 nitrogen and oxygen atoms in total. The standard InChI is InChI=1S/C37H41N7O4/c1-3-28(2)44-36(45)43(27-40-44)33-11-9-31(10-12-33)41-19-21-42(22-20-41)32-13-15-34(16-14-32)46-25-35-26-47-37(48-35,30-7-5-4-6-8-30)23-29-17-18-38-39-24-29/h4-18,24,27-28,35H,3,19-23,25-26H2,1-2H3. The highest BCUT2D eigenvalue weighted by atomic mass is 16.8. The highest BCUT2D eigenvalue weighted by molar-refractivity contribution is 5.54. The molecule has 248 valence electrons. The van der Waals surface area contributed by atoms with Crippen molar-refractivity contribution in [2.75, 3.05) is 49.2 Å². The molecule has 0 amide bonds. The summed E-state index contributed by atoms with van der Waals surface area (Å²) in [5.74, 6) is -0.103. The topological polar surface area (TPSA) is 99.8 Å². The van der Waals surface area contributed by atoms with Crippen LogP contribution in [0.5, 0.6) is 5.75 Å². The summed E-state index contributed by atoms with van der Waals surface area (Å²) in [6, 6.07) is 28.5. The van der Waals surface area contributed by atoms with E-state index in [0.717, 1.165) is 60.9 Å². The first-order valence-electron chi connectivity index (χ1n) is 16.6. The van der Waals surface area contributed by atoms with Gasteiger partial charge in [-0.05, 0) is 73.5 Å². The summed E-state index contributed by atoms with van der Waals surface area (Å²) in [4.78, 5) is 17.6. The lowest BCUT2D eigenvalue weighted by Crippen LogP contribution is -2.46. The van der Waals surface area contributed by atoms with E-state index in [9.17, 15) is 4.79 Å². The summed E-state index contributed by atoms with van der Waals surface area (Å²) >= 11 is 0. The fourth-order valence-electron chi connectivity index (χ4n) is 6.33. The van der Waals surface area contributed by atoms with Crippen LogP contribution in [0.3, 0.4) is 0 Å². The minimum atomic E-state index is -0.900. The third kappa shape index (κ3) is 6.69. The summed E-state index contributed by atoms with van der Waals surface area (Å²) in [5, 5.41) is 12.2. The van der Waals surface area contributed by atoms with E-state index in [2.05, 4.69) is 56.3 Å². The monoisotopic (exact) mass is 647 g/mol. The molecule has 0 aliphatic carbocycles. The zero-order chi connectivity index (χ0) is 32.9. The average molecular weight is 648 g/mol. The van der Waals surface area contributed by atoms with Crippen molar-refractivity contribution >= 4 is 11.4 Å². The molecule has 0 bridgehead atoms. The number of benzene rings is 3. The molecule has 3 aromatic carbocycles. The van der Waals surface area contributed by atoms with Crippen molar-refractivity contribution in [3.05, 3.63) is 125 Å². The SMILES string of the molecule is CCC(C)n1ncn(-c2ccc(N3CCN(c4ccc(OCC5COC(Cc6ccnnc6)(c6ccccc6)O5)cc4)CC3)cc2)c1=O. The Kier molecular flexibility index (Phi) is 9.22. The Morgan fingerprint density at radius 2 is 1.54 bits per heavy atom. The molecule has 2 saturated heterocycles. The van der Waals surface area contributed by atoms with Gasteiger partial charge in [-0.2, -0.15) is 15.3 Å². The summed E-state index contributed by atoms with van der Waals surface area (Å²) in [6.45, 7) is 8.50. The minimum absolute atomic E-state index is 0.0721. The molecule has 0 saturated carbocycles. The number of anilines is 2. The quantitative estimate of drug-likeness (QED) is 0.196. The molecule has 4 heterocycles. The molecule has 0 radical (unpaired) electrons. The van der Waals surface area contributed by atoms with Crippen molar-refractivity contribution < 1.29 is 14.2 Å². The lowest BCUT2D eigenvalue weighted by atomic mass is 9.99. The normalized spacial score (nSPS) is 20.2.